The number of ether oxygens (including phenoxy) is 11. The van der Waals surface area contributed by atoms with Crippen LogP contribution in [0, 0.1) is 0 Å². The molecular formula is C40H68N2O27. The van der Waals surface area contributed by atoms with E-state index in [1.54, 1.807) is 0 Å². The first kappa shape index (κ1) is 56.2. The Balaban J connectivity index is 1.36. The molecule has 29 heteroatoms. The molecule has 0 bridgehead atoms. The van der Waals surface area contributed by atoms with E-state index < -0.39 is 209 Å². The number of rotatable bonds is 14. The third kappa shape index (κ3) is 12.0. The molecule has 2 amide bonds. The van der Waals surface area contributed by atoms with E-state index in [0.717, 1.165) is 13.8 Å². The maximum atomic E-state index is 12.3. The number of carbonyl (C=O) groups excluding carboxylic acids is 2. The molecular weight excluding hydrogens is 940 g/mol. The van der Waals surface area contributed by atoms with Gasteiger partial charge in [-0.2, -0.15) is 0 Å². The summed E-state index contributed by atoms with van der Waals surface area (Å²) in [7, 11) is 0. The van der Waals surface area contributed by atoms with Gasteiger partial charge in [-0.3, -0.25) is 9.59 Å². The summed E-state index contributed by atoms with van der Waals surface area (Å²) in [6, 6.07) is -3.13. The molecule has 6 fully saturated rings. The predicted octanol–water partition coefficient (Wildman–Crippen LogP) is -9.70. The van der Waals surface area contributed by atoms with Gasteiger partial charge in [0.2, 0.25) is 11.8 Å². The molecule has 29 nitrogen and oxygen atoms in total. The van der Waals surface area contributed by atoms with Gasteiger partial charge in [-0.15, -0.1) is 0 Å². The molecule has 6 rings (SSSR count). The SMILES string of the molecule is CC(=O)N[C@H]1[C@H](O[C@@H]2[C@@H](O)[C@H](C)O[C@@H](O)[C@@H]2O[C@@H]2O[C@@H](C)[C@H](O)[C@@H](O)[C@H]2O[C@@H]2O[C@@H](C)[C@H](O)[C@@H](O[C@@H]3O[C@H](CO)[C@@H](O)[C@H](O)[C@H]3NC(C)=O)[C@H]2O[C@@H]2O[C@@H](C)[C@H](O)[C@@H](O)[C@H]2O)O[C@H](CO)[C@@H](O)[C@@H]1O. The maximum absolute atomic E-state index is 12.3. The van der Waals surface area contributed by atoms with E-state index >= 15 is 0 Å². The zero-order chi connectivity index (χ0) is 51.1. The third-order valence-electron chi connectivity index (χ3n) is 13.1. The van der Waals surface area contributed by atoms with E-state index in [0.29, 0.717) is 0 Å². The van der Waals surface area contributed by atoms with Crippen molar-refractivity contribution < 1.29 is 133 Å². The van der Waals surface area contributed by atoms with E-state index in [2.05, 4.69) is 10.6 Å². The largest absolute Gasteiger partial charge is 0.394 e. The van der Waals surface area contributed by atoms with Crippen LogP contribution in [0.4, 0.5) is 0 Å². The number of hydrogen-bond donors (Lipinski definition) is 16. The Kier molecular flexibility index (Phi) is 19.1. The normalized spacial score (nSPS) is 51.9. The molecule has 0 spiro atoms. The molecule has 6 heterocycles. The van der Waals surface area contributed by atoms with Gasteiger partial charge in [0.15, 0.2) is 37.7 Å². The van der Waals surface area contributed by atoms with Crippen LogP contribution in [-0.4, -0.2) is 281 Å². The molecule has 0 aromatic carbocycles. The van der Waals surface area contributed by atoms with E-state index in [9.17, 15) is 81.1 Å². The van der Waals surface area contributed by atoms with Crippen molar-refractivity contribution >= 4 is 11.8 Å². The summed E-state index contributed by atoms with van der Waals surface area (Å²) in [5, 5.41) is 157. The Morgan fingerprint density at radius 3 is 1.20 bits per heavy atom. The van der Waals surface area contributed by atoms with Crippen molar-refractivity contribution in [2.45, 2.75) is 226 Å². The molecule has 0 aliphatic carbocycles. The van der Waals surface area contributed by atoms with E-state index in [4.69, 9.17) is 52.1 Å². The molecule has 0 aromatic heterocycles. The minimum Gasteiger partial charge on any atom is -0.394 e. The Labute approximate surface area is 394 Å². The second-order valence-electron chi connectivity index (χ2n) is 18.2. The fraction of sp³-hybridized carbons (Fsp3) is 0.950. The highest BCUT2D eigenvalue weighted by Crippen LogP contribution is 2.38. The van der Waals surface area contributed by atoms with Crippen molar-refractivity contribution in [3.8, 4) is 0 Å². The van der Waals surface area contributed by atoms with Crippen molar-refractivity contribution in [2.24, 2.45) is 0 Å². The highest BCUT2D eigenvalue weighted by atomic mass is 16.8. The molecule has 0 aromatic rings. The molecule has 0 radical (unpaired) electrons. The van der Waals surface area contributed by atoms with Gasteiger partial charge in [-0.1, -0.05) is 0 Å². The van der Waals surface area contributed by atoms with Crippen LogP contribution in [0.3, 0.4) is 0 Å². The Morgan fingerprint density at radius 1 is 0.377 bits per heavy atom. The van der Waals surface area contributed by atoms with Crippen LogP contribution in [-0.2, 0) is 61.7 Å². The summed E-state index contributed by atoms with van der Waals surface area (Å²) in [6.07, 6.45) is -48.8. The van der Waals surface area contributed by atoms with Gasteiger partial charge >= 0.3 is 0 Å². The second kappa shape index (κ2) is 23.4. The third-order valence-corrected chi connectivity index (χ3v) is 13.1. The summed E-state index contributed by atoms with van der Waals surface area (Å²) in [4.78, 5) is 24.5. The first-order valence-electron chi connectivity index (χ1n) is 22.5. The molecule has 16 N–H and O–H groups in total. The number of aliphatic hydroxyl groups excluding tert-OH is 14. The standard InChI is InChI=1S/C40H68N2O27/c1-9-19(47)27(55)29(57)38(60-9)69-34-31(66-37-18(42-14(6)46)26(54)24(52)16(8-44)64-37)22(50)12(4)62-40(34)67-32-28(56)20(48)10(2)61-39(32)68-33-30(21(49)11(3)59-35(33)58)65-36-17(41-13(5)45)25(53)23(51)15(7-43)63-36/h9-12,15-40,43-44,47-58H,7-8H2,1-6H3,(H,41,45)(H,42,46)/t9-,10-,11-,12-,15+,16+,17+,18+,19-,20-,21-,22-,23+,24+,25+,26+,27+,28+,29+,30+,31+,32+,33+,34+,35+,36-,37-,38-,39-,40-/m0/s1. The highest BCUT2D eigenvalue weighted by molar-refractivity contribution is 5.73. The maximum Gasteiger partial charge on any atom is 0.217 e. The molecule has 6 aliphatic heterocycles. The summed E-state index contributed by atoms with van der Waals surface area (Å²) < 4.78 is 65.5. The lowest BCUT2D eigenvalue weighted by Gasteiger charge is -2.51. The first-order chi connectivity index (χ1) is 32.4. The molecule has 6 aliphatic rings. The van der Waals surface area contributed by atoms with Crippen LogP contribution in [0.5, 0.6) is 0 Å². The minimum atomic E-state index is -2.02. The lowest BCUT2D eigenvalue weighted by atomic mass is 9.94. The number of amides is 2. The van der Waals surface area contributed by atoms with Crippen LogP contribution < -0.4 is 10.6 Å². The van der Waals surface area contributed by atoms with Crippen LogP contribution in [0.2, 0.25) is 0 Å². The average molecular weight is 1010 g/mol. The average Bonchev–Trinajstić information content (AvgIpc) is 3.29. The summed E-state index contributed by atoms with van der Waals surface area (Å²) >= 11 is 0. The fourth-order valence-corrected chi connectivity index (χ4v) is 9.03. The lowest BCUT2D eigenvalue weighted by Crippen LogP contribution is -2.69. The quantitative estimate of drug-likeness (QED) is 0.0768. The predicted molar refractivity (Wildman–Crippen MR) is 217 cm³/mol. The van der Waals surface area contributed by atoms with Crippen molar-refractivity contribution in [3.05, 3.63) is 0 Å². The van der Waals surface area contributed by atoms with Crippen molar-refractivity contribution in [1.29, 1.82) is 0 Å². The summed E-state index contributed by atoms with van der Waals surface area (Å²) in [5.74, 6) is -1.45. The summed E-state index contributed by atoms with van der Waals surface area (Å²) in [5.41, 5.74) is 0. The van der Waals surface area contributed by atoms with Gasteiger partial charge in [0, 0.05) is 13.8 Å². The molecule has 30 atom stereocenters. The van der Waals surface area contributed by atoms with Gasteiger partial charge in [-0.25, -0.2) is 0 Å². The fourth-order valence-electron chi connectivity index (χ4n) is 9.03. The molecule has 0 unspecified atom stereocenters. The molecule has 400 valence electrons. The Hall–Kier alpha value is -2.06. The lowest BCUT2D eigenvalue weighted by molar-refractivity contribution is -0.413. The van der Waals surface area contributed by atoms with Gasteiger partial charge in [0.05, 0.1) is 37.6 Å². The van der Waals surface area contributed by atoms with Gasteiger partial charge in [0.1, 0.15) is 122 Å². The molecule has 69 heavy (non-hydrogen) atoms. The summed E-state index contributed by atoms with van der Waals surface area (Å²) in [6.45, 7) is 5.78. The van der Waals surface area contributed by atoms with Crippen molar-refractivity contribution in [2.75, 3.05) is 13.2 Å². The van der Waals surface area contributed by atoms with E-state index in [-0.39, 0.29) is 0 Å². The van der Waals surface area contributed by atoms with E-state index in [1.807, 2.05) is 0 Å². The zero-order valence-electron chi connectivity index (χ0n) is 38.3. The first-order valence-corrected chi connectivity index (χ1v) is 22.5. The zero-order valence-corrected chi connectivity index (χ0v) is 38.3. The number of nitrogens with one attached hydrogen (secondary N) is 2. The van der Waals surface area contributed by atoms with Gasteiger partial charge < -0.3 is 134 Å². The molecule has 6 saturated heterocycles. The van der Waals surface area contributed by atoms with Crippen LogP contribution in [0.25, 0.3) is 0 Å². The Bertz CT molecular complexity index is 1680. The number of aliphatic hydroxyl groups is 14. The van der Waals surface area contributed by atoms with Crippen molar-refractivity contribution in [3.63, 3.8) is 0 Å². The molecule has 0 saturated carbocycles. The van der Waals surface area contributed by atoms with E-state index in [1.165, 1.54) is 27.7 Å². The minimum absolute atomic E-state index is 0.712. The number of hydrogen-bond acceptors (Lipinski definition) is 27. The number of carbonyl (C=O) groups is 2. The second-order valence-corrected chi connectivity index (χ2v) is 18.2. The van der Waals surface area contributed by atoms with Gasteiger partial charge in [-0.05, 0) is 27.7 Å². The monoisotopic (exact) mass is 1010 g/mol. The topological polar surface area (TPSA) is 443 Å². The van der Waals surface area contributed by atoms with Crippen LogP contribution in [0.15, 0.2) is 0 Å². The Morgan fingerprint density at radius 2 is 0.739 bits per heavy atom. The van der Waals surface area contributed by atoms with Gasteiger partial charge in [0.25, 0.3) is 0 Å². The smallest absolute Gasteiger partial charge is 0.217 e. The van der Waals surface area contributed by atoms with Crippen molar-refractivity contribution in [1.82, 2.24) is 10.6 Å². The van der Waals surface area contributed by atoms with Crippen LogP contribution in [0.1, 0.15) is 41.5 Å². The highest BCUT2D eigenvalue weighted by Gasteiger charge is 2.58. The van der Waals surface area contributed by atoms with Crippen LogP contribution >= 0.6 is 0 Å².